The van der Waals surface area contributed by atoms with Crippen LogP contribution in [0, 0.1) is 5.92 Å². The predicted molar refractivity (Wildman–Crippen MR) is 92.3 cm³/mol. The summed E-state index contributed by atoms with van der Waals surface area (Å²) < 4.78 is 6.17. The Morgan fingerprint density at radius 3 is 2.96 bits per heavy atom. The molecule has 0 radical (unpaired) electrons. The lowest BCUT2D eigenvalue weighted by molar-refractivity contribution is -0.131. The van der Waals surface area contributed by atoms with Crippen molar-refractivity contribution in [3.63, 3.8) is 0 Å². The monoisotopic (exact) mass is 345 g/mol. The van der Waals surface area contributed by atoms with Crippen molar-refractivity contribution in [3.05, 3.63) is 18.2 Å². The van der Waals surface area contributed by atoms with Gasteiger partial charge in [0.05, 0.1) is 23.2 Å². The third-order valence-electron chi connectivity index (χ3n) is 4.87. The van der Waals surface area contributed by atoms with E-state index in [2.05, 4.69) is 10.3 Å². The number of fused-ring (bicyclic) bond motifs is 1. The van der Waals surface area contributed by atoms with Crippen LogP contribution in [0.4, 0.5) is 5.13 Å². The quantitative estimate of drug-likeness (QED) is 0.925. The second kappa shape index (κ2) is 6.05. The Labute approximate surface area is 143 Å². The van der Waals surface area contributed by atoms with Crippen LogP contribution < -0.4 is 10.1 Å². The highest BCUT2D eigenvalue weighted by Gasteiger charge is 2.39. The summed E-state index contributed by atoms with van der Waals surface area (Å²) in [7, 11) is 1.62. The molecule has 1 saturated heterocycles. The molecule has 2 amide bonds. The maximum absolute atomic E-state index is 12.5. The number of ether oxygens (including phenoxy) is 1. The minimum Gasteiger partial charge on any atom is -0.497 e. The molecule has 2 heterocycles. The number of amides is 2. The molecular weight excluding hydrogens is 326 g/mol. The van der Waals surface area contributed by atoms with Crippen molar-refractivity contribution in [1.29, 1.82) is 0 Å². The van der Waals surface area contributed by atoms with Crippen molar-refractivity contribution in [2.45, 2.75) is 31.7 Å². The molecule has 126 valence electrons. The molecule has 4 rings (SSSR count). The molecule has 1 aromatic heterocycles. The molecular formula is C17H19N3O3S. The highest BCUT2D eigenvalue weighted by atomic mass is 32.1. The number of carbonyl (C=O) groups is 2. The van der Waals surface area contributed by atoms with Crippen LogP contribution in [0.15, 0.2) is 18.2 Å². The van der Waals surface area contributed by atoms with Gasteiger partial charge < -0.3 is 15.0 Å². The van der Waals surface area contributed by atoms with Crippen LogP contribution in [0.1, 0.15) is 25.7 Å². The van der Waals surface area contributed by atoms with Crippen LogP contribution in [0.25, 0.3) is 10.2 Å². The Morgan fingerprint density at radius 2 is 2.25 bits per heavy atom. The maximum atomic E-state index is 12.5. The van der Waals surface area contributed by atoms with Crippen molar-refractivity contribution in [3.8, 4) is 5.75 Å². The number of hydrogen-bond donors (Lipinski definition) is 1. The summed E-state index contributed by atoms with van der Waals surface area (Å²) >= 11 is 1.42. The molecule has 24 heavy (non-hydrogen) atoms. The standard InChI is InChI=1S/C17H19N3O3S/c1-23-12-5-6-13-14(8-12)24-17(18-13)19-16(22)10-7-15(21)20(9-10)11-3-2-4-11/h5-6,8,10-11H,2-4,7,9H2,1H3,(H,18,19,22). The SMILES string of the molecule is COc1ccc2nc(NC(=O)C3CC(=O)N(C4CCC4)C3)sc2c1. The number of carbonyl (C=O) groups excluding carboxylic acids is 2. The molecule has 1 unspecified atom stereocenters. The highest BCUT2D eigenvalue weighted by Crippen LogP contribution is 2.32. The molecule has 1 saturated carbocycles. The molecule has 1 N–H and O–H groups in total. The average molecular weight is 345 g/mol. The number of anilines is 1. The number of nitrogens with one attached hydrogen (secondary N) is 1. The molecule has 1 aliphatic heterocycles. The van der Waals surface area contributed by atoms with Gasteiger partial charge in [-0.25, -0.2) is 4.98 Å². The van der Waals surface area contributed by atoms with Crippen molar-refractivity contribution in [2.75, 3.05) is 19.0 Å². The number of likely N-dealkylation sites (tertiary alicyclic amines) is 1. The van der Waals surface area contributed by atoms with E-state index >= 15 is 0 Å². The molecule has 2 fully saturated rings. The largest absolute Gasteiger partial charge is 0.497 e. The molecule has 6 nitrogen and oxygen atoms in total. The van der Waals surface area contributed by atoms with E-state index in [0.717, 1.165) is 28.8 Å². The molecule has 1 atom stereocenters. The summed E-state index contributed by atoms with van der Waals surface area (Å²) in [6, 6.07) is 5.97. The minimum absolute atomic E-state index is 0.105. The number of rotatable bonds is 4. The molecule has 7 heteroatoms. The molecule has 2 aromatic rings. The minimum atomic E-state index is -0.278. The van der Waals surface area contributed by atoms with Gasteiger partial charge in [-0.1, -0.05) is 11.3 Å². The zero-order valence-electron chi connectivity index (χ0n) is 13.4. The van der Waals surface area contributed by atoms with E-state index in [1.54, 1.807) is 7.11 Å². The van der Waals surface area contributed by atoms with Crippen LogP contribution in [-0.2, 0) is 9.59 Å². The maximum Gasteiger partial charge on any atom is 0.231 e. The Hall–Kier alpha value is -2.15. The summed E-state index contributed by atoms with van der Waals surface area (Å²) in [4.78, 5) is 30.9. The lowest BCUT2D eigenvalue weighted by atomic mass is 9.92. The Balaban J connectivity index is 1.45. The van der Waals surface area contributed by atoms with Crippen LogP contribution in [0.5, 0.6) is 5.75 Å². The smallest absolute Gasteiger partial charge is 0.231 e. The first kappa shape index (κ1) is 15.4. The summed E-state index contributed by atoms with van der Waals surface area (Å²) in [6.45, 7) is 0.536. The van der Waals surface area contributed by atoms with Gasteiger partial charge in [0.2, 0.25) is 11.8 Å². The third kappa shape index (κ3) is 2.73. The Bertz CT molecular complexity index is 799. The zero-order chi connectivity index (χ0) is 16.7. The third-order valence-corrected chi connectivity index (χ3v) is 5.80. The van der Waals surface area contributed by atoms with E-state index in [0.29, 0.717) is 24.1 Å². The van der Waals surface area contributed by atoms with E-state index in [1.807, 2.05) is 23.1 Å². The van der Waals surface area contributed by atoms with Gasteiger partial charge >= 0.3 is 0 Å². The molecule has 0 bridgehead atoms. The Morgan fingerprint density at radius 1 is 1.42 bits per heavy atom. The topological polar surface area (TPSA) is 71.5 Å². The van der Waals surface area contributed by atoms with Crippen LogP contribution >= 0.6 is 11.3 Å². The van der Waals surface area contributed by atoms with Crippen molar-refractivity contribution in [1.82, 2.24) is 9.88 Å². The van der Waals surface area contributed by atoms with Gasteiger partial charge in [0.15, 0.2) is 5.13 Å². The van der Waals surface area contributed by atoms with Gasteiger partial charge in [-0.15, -0.1) is 0 Å². The number of methoxy groups -OCH3 is 1. The number of aromatic nitrogens is 1. The summed E-state index contributed by atoms with van der Waals surface area (Å²) in [5.74, 6) is 0.478. The Kier molecular flexibility index (Phi) is 3.88. The van der Waals surface area contributed by atoms with Crippen LogP contribution in [-0.4, -0.2) is 41.4 Å². The van der Waals surface area contributed by atoms with Gasteiger partial charge in [-0.2, -0.15) is 0 Å². The first-order valence-electron chi connectivity index (χ1n) is 8.19. The number of thiazole rings is 1. The van der Waals surface area contributed by atoms with E-state index in [4.69, 9.17) is 4.74 Å². The summed E-state index contributed by atoms with van der Waals surface area (Å²) in [5.41, 5.74) is 0.828. The highest BCUT2D eigenvalue weighted by molar-refractivity contribution is 7.22. The first-order valence-corrected chi connectivity index (χ1v) is 9.00. The van der Waals surface area contributed by atoms with Gasteiger partial charge in [-0.05, 0) is 37.5 Å². The van der Waals surface area contributed by atoms with Crippen LogP contribution in [0.2, 0.25) is 0 Å². The normalized spacial score (nSPS) is 21.1. The fourth-order valence-corrected chi connectivity index (χ4v) is 4.15. The predicted octanol–water partition coefficient (Wildman–Crippen LogP) is 2.64. The molecule has 0 spiro atoms. The van der Waals surface area contributed by atoms with Gasteiger partial charge in [0.1, 0.15) is 5.75 Å². The number of hydrogen-bond acceptors (Lipinski definition) is 5. The molecule has 1 aliphatic carbocycles. The van der Waals surface area contributed by atoms with Gasteiger partial charge in [0, 0.05) is 19.0 Å². The molecule has 1 aromatic carbocycles. The van der Waals surface area contributed by atoms with Crippen LogP contribution in [0.3, 0.4) is 0 Å². The fraction of sp³-hybridized carbons (Fsp3) is 0.471. The first-order chi connectivity index (χ1) is 11.6. The second-order valence-electron chi connectivity index (χ2n) is 6.37. The van der Waals surface area contributed by atoms with Gasteiger partial charge in [0.25, 0.3) is 0 Å². The van der Waals surface area contributed by atoms with E-state index < -0.39 is 0 Å². The van der Waals surface area contributed by atoms with Crippen molar-refractivity contribution >= 4 is 38.5 Å². The van der Waals surface area contributed by atoms with Crippen molar-refractivity contribution < 1.29 is 14.3 Å². The van der Waals surface area contributed by atoms with E-state index in [-0.39, 0.29) is 17.7 Å². The lowest BCUT2D eigenvalue weighted by Crippen LogP contribution is -2.41. The average Bonchev–Trinajstić information content (AvgIpc) is 3.08. The number of benzene rings is 1. The van der Waals surface area contributed by atoms with E-state index in [1.165, 1.54) is 17.8 Å². The lowest BCUT2D eigenvalue weighted by Gasteiger charge is -2.34. The molecule has 2 aliphatic rings. The summed E-state index contributed by atoms with van der Waals surface area (Å²) in [6.07, 6.45) is 3.63. The zero-order valence-corrected chi connectivity index (χ0v) is 14.3. The van der Waals surface area contributed by atoms with Gasteiger partial charge in [-0.3, -0.25) is 9.59 Å². The van der Waals surface area contributed by atoms with E-state index in [9.17, 15) is 9.59 Å². The fourth-order valence-electron chi connectivity index (χ4n) is 3.25. The number of nitrogens with zero attached hydrogens (tertiary/aromatic N) is 2. The summed E-state index contributed by atoms with van der Waals surface area (Å²) in [5, 5.41) is 3.44. The second-order valence-corrected chi connectivity index (χ2v) is 7.40. The van der Waals surface area contributed by atoms with Crippen molar-refractivity contribution in [2.24, 2.45) is 5.92 Å².